The minimum absolute atomic E-state index is 0.270. The highest BCUT2D eigenvalue weighted by molar-refractivity contribution is 7.15. The maximum atomic E-state index is 11.5. The maximum Gasteiger partial charge on any atom is 0.243 e. The lowest BCUT2D eigenvalue weighted by Crippen LogP contribution is -2.20. The van der Waals surface area contributed by atoms with E-state index in [1.807, 2.05) is 18.2 Å². The predicted molar refractivity (Wildman–Crippen MR) is 93.5 cm³/mol. The molecule has 0 aliphatic rings. The number of alkyl halides is 1. The highest BCUT2D eigenvalue weighted by Gasteiger charge is 2.12. The molecule has 0 saturated carbocycles. The summed E-state index contributed by atoms with van der Waals surface area (Å²) >= 11 is 7.06. The second-order valence-corrected chi connectivity index (χ2v) is 6.74. The van der Waals surface area contributed by atoms with Gasteiger partial charge in [0.25, 0.3) is 0 Å². The molecule has 1 heterocycles. The summed E-state index contributed by atoms with van der Waals surface area (Å²) in [5, 5.41) is 11.4. The van der Waals surface area contributed by atoms with Crippen molar-refractivity contribution >= 4 is 34.0 Å². The Morgan fingerprint density at radius 3 is 2.91 bits per heavy atom. The number of para-hydroxylation sites is 1. The number of benzene rings is 1. The monoisotopic (exact) mass is 353 g/mol. The molecule has 1 N–H and O–H groups in total. The molecule has 23 heavy (non-hydrogen) atoms. The average Bonchev–Trinajstić information content (AvgIpc) is 2.99. The molecule has 0 spiro atoms. The lowest BCUT2D eigenvalue weighted by atomic mass is 10.1. The van der Waals surface area contributed by atoms with Gasteiger partial charge in [-0.05, 0) is 31.4 Å². The van der Waals surface area contributed by atoms with Crippen molar-refractivity contribution in [3.05, 3.63) is 34.8 Å². The summed E-state index contributed by atoms with van der Waals surface area (Å²) < 4.78 is 5.82. The van der Waals surface area contributed by atoms with E-state index in [-0.39, 0.29) is 5.91 Å². The summed E-state index contributed by atoms with van der Waals surface area (Å²) in [5.74, 6) is 0.671. The third-order valence-electron chi connectivity index (χ3n) is 3.20. The number of ether oxygens (including phenoxy) is 1. The van der Waals surface area contributed by atoms with E-state index in [2.05, 4.69) is 28.5 Å². The number of halogens is 1. The molecule has 2 rings (SSSR count). The van der Waals surface area contributed by atoms with Gasteiger partial charge in [0.05, 0.1) is 6.61 Å². The van der Waals surface area contributed by atoms with Crippen molar-refractivity contribution in [1.29, 1.82) is 0 Å². The Balaban J connectivity index is 1.76. The van der Waals surface area contributed by atoms with E-state index < -0.39 is 5.38 Å². The maximum absolute atomic E-state index is 11.5. The second kappa shape index (κ2) is 8.84. The van der Waals surface area contributed by atoms with E-state index >= 15 is 0 Å². The van der Waals surface area contributed by atoms with Crippen LogP contribution in [0.5, 0.6) is 5.75 Å². The molecule has 1 unspecified atom stereocenters. The zero-order valence-electron chi connectivity index (χ0n) is 13.2. The van der Waals surface area contributed by atoms with Gasteiger partial charge >= 0.3 is 0 Å². The molecule has 0 saturated heterocycles. The van der Waals surface area contributed by atoms with Crippen molar-refractivity contribution < 1.29 is 9.53 Å². The van der Waals surface area contributed by atoms with Crippen LogP contribution in [-0.4, -0.2) is 28.1 Å². The SMILES string of the molecule is CCc1ccccc1OCCCc1nnc(NC(=O)C(C)Cl)s1. The number of nitrogens with zero attached hydrogens (tertiary/aromatic N) is 2. The Kier molecular flexibility index (Phi) is 6.80. The molecule has 2 aromatic rings. The first-order valence-electron chi connectivity index (χ1n) is 7.58. The van der Waals surface area contributed by atoms with Gasteiger partial charge in [0.1, 0.15) is 16.1 Å². The van der Waals surface area contributed by atoms with Crippen molar-refractivity contribution in [3.8, 4) is 5.75 Å². The van der Waals surface area contributed by atoms with Gasteiger partial charge in [-0.15, -0.1) is 21.8 Å². The number of carbonyl (C=O) groups is 1. The van der Waals surface area contributed by atoms with E-state index in [0.29, 0.717) is 11.7 Å². The van der Waals surface area contributed by atoms with Gasteiger partial charge in [0.15, 0.2) is 0 Å². The zero-order chi connectivity index (χ0) is 16.7. The molecule has 5 nitrogen and oxygen atoms in total. The van der Waals surface area contributed by atoms with Crippen molar-refractivity contribution in [2.24, 2.45) is 0 Å². The average molecular weight is 354 g/mol. The van der Waals surface area contributed by atoms with Crippen LogP contribution in [0.2, 0.25) is 0 Å². The van der Waals surface area contributed by atoms with Gasteiger partial charge in [-0.1, -0.05) is 36.5 Å². The van der Waals surface area contributed by atoms with Crippen LogP contribution in [0.25, 0.3) is 0 Å². The van der Waals surface area contributed by atoms with Crippen molar-refractivity contribution in [2.75, 3.05) is 11.9 Å². The lowest BCUT2D eigenvalue weighted by Gasteiger charge is -2.09. The predicted octanol–water partition coefficient (Wildman–Crippen LogP) is 3.68. The summed E-state index contributed by atoms with van der Waals surface area (Å²) in [6.45, 7) is 4.35. The standard InChI is InChI=1S/C16H20ClN3O2S/c1-3-12-7-4-5-8-13(12)22-10-6-9-14-19-20-16(23-14)18-15(21)11(2)17/h4-5,7-8,11H,3,6,9-10H2,1-2H3,(H,18,20,21). The third-order valence-corrected chi connectivity index (χ3v) is 4.30. The van der Waals surface area contributed by atoms with Gasteiger partial charge in [-0.25, -0.2) is 0 Å². The van der Waals surface area contributed by atoms with Crippen LogP contribution in [0.4, 0.5) is 5.13 Å². The van der Waals surface area contributed by atoms with E-state index in [0.717, 1.165) is 30.0 Å². The first-order chi connectivity index (χ1) is 11.1. The van der Waals surface area contributed by atoms with Crippen molar-refractivity contribution in [3.63, 3.8) is 0 Å². The molecule has 0 bridgehead atoms. The molecule has 1 atom stereocenters. The summed E-state index contributed by atoms with van der Waals surface area (Å²) in [6, 6.07) is 8.06. The summed E-state index contributed by atoms with van der Waals surface area (Å²) in [6.07, 6.45) is 2.55. The van der Waals surface area contributed by atoms with Crippen LogP contribution in [0.15, 0.2) is 24.3 Å². The Morgan fingerprint density at radius 1 is 1.39 bits per heavy atom. The Morgan fingerprint density at radius 2 is 2.17 bits per heavy atom. The first kappa shape index (κ1) is 17.7. The number of nitrogens with one attached hydrogen (secondary N) is 1. The number of hydrogen-bond acceptors (Lipinski definition) is 5. The van der Waals surface area contributed by atoms with Gasteiger partial charge in [0, 0.05) is 6.42 Å². The first-order valence-corrected chi connectivity index (χ1v) is 8.83. The minimum atomic E-state index is -0.589. The lowest BCUT2D eigenvalue weighted by molar-refractivity contribution is -0.115. The molecular formula is C16H20ClN3O2S. The smallest absolute Gasteiger partial charge is 0.243 e. The molecule has 0 aliphatic carbocycles. The summed E-state index contributed by atoms with van der Waals surface area (Å²) in [4.78, 5) is 11.5. The normalized spacial score (nSPS) is 12.0. The number of carbonyl (C=O) groups excluding carboxylic acids is 1. The number of amides is 1. The molecular weight excluding hydrogens is 334 g/mol. The van der Waals surface area contributed by atoms with Crippen LogP contribution in [-0.2, 0) is 17.6 Å². The van der Waals surface area contributed by atoms with E-state index in [1.54, 1.807) is 6.92 Å². The molecule has 0 fully saturated rings. The molecule has 124 valence electrons. The fourth-order valence-corrected chi connectivity index (χ4v) is 2.79. The number of anilines is 1. The molecule has 1 aromatic carbocycles. The number of hydrogen-bond donors (Lipinski definition) is 1. The van der Waals surface area contributed by atoms with Gasteiger partial charge in [-0.3, -0.25) is 10.1 Å². The van der Waals surface area contributed by atoms with Crippen LogP contribution < -0.4 is 10.1 Å². The van der Waals surface area contributed by atoms with Crippen LogP contribution >= 0.6 is 22.9 Å². The molecule has 1 aromatic heterocycles. The highest BCUT2D eigenvalue weighted by atomic mass is 35.5. The molecule has 7 heteroatoms. The van der Waals surface area contributed by atoms with Crippen molar-refractivity contribution in [1.82, 2.24) is 10.2 Å². The van der Waals surface area contributed by atoms with E-state index in [9.17, 15) is 4.79 Å². The van der Waals surface area contributed by atoms with E-state index in [4.69, 9.17) is 16.3 Å². The summed E-state index contributed by atoms with van der Waals surface area (Å²) in [5.41, 5.74) is 1.21. The zero-order valence-corrected chi connectivity index (χ0v) is 14.8. The van der Waals surface area contributed by atoms with Gasteiger partial charge < -0.3 is 4.74 Å². The molecule has 1 amide bonds. The third kappa shape index (κ3) is 5.48. The van der Waals surface area contributed by atoms with Gasteiger partial charge in [-0.2, -0.15) is 0 Å². The fourth-order valence-electron chi connectivity index (χ4n) is 1.95. The quantitative estimate of drug-likeness (QED) is 0.580. The Hall–Kier alpha value is -1.66. The van der Waals surface area contributed by atoms with Crippen LogP contribution in [0.1, 0.15) is 30.8 Å². The van der Waals surface area contributed by atoms with Gasteiger partial charge in [0.2, 0.25) is 11.0 Å². The highest BCUT2D eigenvalue weighted by Crippen LogP contribution is 2.20. The minimum Gasteiger partial charge on any atom is -0.493 e. The number of aryl methyl sites for hydroxylation is 2. The van der Waals surface area contributed by atoms with E-state index in [1.165, 1.54) is 16.9 Å². The Bertz CT molecular complexity index is 646. The topological polar surface area (TPSA) is 64.1 Å². The summed E-state index contributed by atoms with van der Waals surface area (Å²) in [7, 11) is 0. The number of aromatic nitrogens is 2. The van der Waals surface area contributed by atoms with Crippen molar-refractivity contribution in [2.45, 2.75) is 38.5 Å². The largest absolute Gasteiger partial charge is 0.493 e. The molecule has 0 radical (unpaired) electrons. The van der Waals surface area contributed by atoms with Crippen LogP contribution in [0.3, 0.4) is 0 Å². The number of rotatable bonds is 8. The second-order valence-electron chi connectivity index (χ2n) is 5.02. The molecule has 0 aliphatic heterocycles. The fraction of sp³-hybridized carbons (Fsp3) is 0.438. The Labute approximate surface area is 145 Å². The van der Waals surface area contributed by atoms with Crippen LogP contribution in [0, 0.1) is 0 Å².